The first kappa shape index (κ1) is 14.5. The molecule has 2 saturated heterocycles. The van der Waals surface area contributed by atoms with Gasteiger partial charge in [0.2, 0.25) is 20.0 Å². The first-order valence-corrected chi connectivity index (χ1v) is 9.20. The number of sulfonamides is 2. The van der Waals surface area contributed by atoms with E-state index in [1.54, 1.807) is 0 Å². The van der Waals surface area contributed by atoms with E-state index in [4.69, 9.17) is 0 Å². The molecule has 11 heteroatoms. The molecular weight excluding hydrogens is 296 g/mol. The van der Waals surface area contributed by atoms with E-state index >= 15 is 0 Å². The van der Waals surface area contributed by atoms with Gasteiger partial charge in [0.1, 0.15) is 12.3 Å². The van der Waals surface area contributed by atoms with Gasteiger partial charge in [-0.15, -0.1) is 0 Å². The maximum absolute atomic E-state index is 11.7. The van der Waals surface area contributed by atoms with E-state index < -0.39 is 38.4 Å². The average molecular weight is 312 g/mol. The maximum Gasteiger partial charge on any atom is 0.319 e. The molecule has 2 aliphatic rings. The second kappa shape index (κ2) is 4.30. The van der Waals surface area contributed by atoms with Gasteiger partial charge in [0.05, 0.1) is 12.5 Å². The Morgan fingerprint density at radius 2 is 1.53 bits per heavy atom. The minimum Gasteiger partial charge on any atom is -0.318 e. The van der Waals surface area contributed by atoms with E-state index in [-0.39, 0.29) is 13.1 Å². The minimum atomic E-state index is -3.53. The van der Waals surface area contributed by atoms with Crippen molar-refractivity contribution in [2.75, 3.05) is 32.6 Å². The summed E-state index contributed by atoms with van der Waals surface area (Å²) in [5.74, 6) is 0. The van der Waals surface area contributed by atoms with Crippen LogP contribution in [-0.4, -0.2) is 81.4 Å². The van der Waals surface area contributed by atoms with Gasteiger partial charge in [0, 0.05) is 20.1 Å². The van der Waals surface area contributed by atoms with Crippen molar-refractivity contribution in [2.24, 2.45) is 0 Å². The molecular formula is C8H16N4O5S2. The Labute approximate surface area is 112 Å². The third kappa shape index (κ3) is 2.42. The molecule has 2 fully saturated rings. The number of rotatable bonds is 2. The lowest BCUT2D eigenvalue weighted by molar-refractivity contribution is 0.0801. The van der Waals surface area contributed by atoms with Crippen LogP contribution in [0.5, 0.6) is 0 Å². The summed E-state index contributed by atoms with van der Waals surface area (Å²) in [6.45, 7) is 0.0353. The van der Waals surface area contributed by atoms with Crippen LogP contribution < -0.4 is 5.32 Å². The number of piperazine rings is 1. The summed E-state index contributed by atoms with van der Waals surface area (Å²) in [6.07, 6.45) is 0.323. The zero-order valence-corrected chi connectivity index (χ0v) is 12.4. The van der Waals surface area contributed by atoms with E-state index in [1.807, 2.05) is 0 Å². The molecule has 19 heavy (non-hydrogen) atoms. The molecule has 2 atom stereocenters. The van der Waals surface area contributed by atoms with E-state index in [9.17, 15) is 21.6 Å². The molecule has 0 unspecified atom stereocenters. The third-order valence-corrected chi connectivity index (χ3v) is 5.78. The van der Waals surface area contributed by atoms with Crippen LogP contribution in [0.4, 0.5) is 4.79 Å². The van der Waals surface area contributed by atoms with Crippen molar-refractivity contribution in [1.82, 2.24) is 18.8 Å². The maximum atomic E-state index is 11.7. The molecule has 0 aromatic heterocycles. The van der Waals surface area contributed by atoms with Gasteiger partial charge in [-0.05, 0) is 0 Å². The van der Waals surface area contributed by atoms with Crippen molar-refractivity contribution >= 4 is 26.1 Å². The predicted octanol–water partition coefficient (Wildman–Crippen LogP) is -2.17. The molecule has 0 aromatic rings. The number of urea groups is 1. The molecule has 1 N–H and O–H groups in total. The topological polar surface area (TPSA) is 107 Å². The lowest BCUT2D eigenvalue weighted by Crippen LogP contribution is -2.65. The lowest BCUT2D eigenvalue weighted by Gasteiger charge is -2.42. The highest BCUT2D eigenvalue weighted by Gasteiger charge is 2.51. The Morgan fingerprint density at radius 3 is 2.00 bits per heavy atom. The molecule has 2 aliphatic heterocycles. The van der Waals surface area contributed by atoms with E-state index in [0.29, 0.717) is 0 Å². The van der Waals surface area contributed by atoms with E-state index in [1.165, 1.54) is 11.9 Å². The van der Waals surface area contributed by atoms with E-state index in [0.717, 1.165) is 21.1 Å². The minimum absolute atomic E-state index is 0.0151. The van der Waals surface area contributed by atoms with Crippen LogP contribution >= 0.6 is 0 Å². The van der Waals surface area contributed by atoms with Crippen LogP contribution in [0.25, 0.3) is 0 Å². The van der Waals surface area contributed by atoms with Crippen LogP contribution in [0.1, 0.15) is 0 Å². The molecule has 9 nitrogen and oxygen atoms in total. The summed E-state index contributed by atoms with van der Waals surface area (Å²) in [5, 5.41) is 2.49. The second-order valence-electron chi connectivity index (χ2n) is 4.67. The molecule has 110 valence electrons. The van der Waals surface area contributed by atoms with Gasteiger partial charge in [-0.2, -0.15) is 8.61 Å². The quantitative estimate of drug-likeness (QED) is 0.624. The summed E-state index contributed by atoms with van der Waals surface area (Å²) in [7, 11) is -5.62. The molecule has 0 aliphatic carbocycles. The SMILES string of the molecule is CN1C(=O)N[C@H]2[C@@H]1N(S(C)(=O)=O)CCN2S(C)(=O)=O. The van der Waals surface area contributed by atoms with Crippen molar-refractivity contribution < 1.29 is 21.6 Å². The number of amides is 2. The van der Waals surface area contributed by atoms with E-state index in [2.05, 4.69) is 5.32 Å². The smallest absolute Gasteiger partial charge is 0.318 e. The zero-order chi connectivity index (χ0) is 14.6. The fourth-order valence-corrected chi connectivity index (χ4v) is 4.46. The number of carbonyl (C=O) groups excluding carboxylic acids is 1. The molecule has 0 saturated carbocycles. The van der Waals surface area contributed by atoms with Gasteiger partial charge in [-0.3, -0.25) is 0 Å². The summed E-state index contributed by atoms with van der Waals surface area (Å²) in [6, 6.07) is -0.501. The molecule has 0 radical (unpaired) electrons. The van der Waals surface area contributed by atoms with Gasteiger partial charge in [0.15, 0.2) is 0 Å². The molecule has 2 amide bonds. The van der Waals surface area contributed by atoms with Crippen molar-refractivity contribution in [1.29, 1.82) is 0 Å². The third-order valence-electron chi connectivity index (χ3n) is 3.27. The van der Waals surface area contributed by atoms with Gasteiger partial charge in [-0.25, -0.2) is 21.6 Å². The number of nitrogens with zero attached hydrogens (tertiary/aromatic N) is 3. The van der Waals surface area contributed by atoms with Crippen molar-refractivity contribution in [3.05, 3.63) is 0 Å². The largest absolute Gasteiger partial charge is 0.319 e. The summed E-state index contributed by atoms with van der Waals surface area (Å²) in [4.78, 5) is 12.9. The van der Waals surface area contributed by atoms with Crippen molar-refractivity contribution in [3.8, 4) is 0 Å². The monoisotopic (exact) mass is 312 g/mol. The number of fused-ring (bicyclic) bond motifs is 1. The van der Waals surface area contributed by atoms with Gasteiger partial charge >= 0.3 is 6.03 Å². The van der Waals surface area contributed by atoms with Crippen LogP contribution in [0.3, 0.4) is 0 Å². The Bertz CT molecular complexity index is 601. The number of hydrogen-bond acceptors (Lipinski definition) is 5. The Balaban J connectivity index is 2.44. The summed E-state index contributed by atoms with van der Waals surface area (Å²) < 4.78 is 49.1. The highest BCUT2D eigenvalue weighted by atomic mass is 32.2. The Morgan fingerprint density at radius 1 is 1.05 bits per heavy atom. The van der Waals surface area contributed by atoms with Gasteiger partial charge in [0.25, 0.3) is 0 Å². The van der Waals surface area contributed by atoms with Crippen LogP contribution in [0.2, 0.25) is 0 Å². The highest BCUT2D eigenvalue weighted by Crippen LogP contribution is 2.26. The molecule has 0 aromatic carbocycles. The highest BCUT2D eigenvalue weighted by molar-refractivity contribution is 7.88. The first-order valence-electron chi connectivity index (χ1n) is 5.50. The average Bonchev–Trinajstić information content (AvgIpc) is 2.51. The standard InChI is InChI=1S/C8H16N4O5S2/c1-10-7-6(9-8(10)13)11(18(2,14)15)4-5-12(7)19(3,16)17/h6-7H,4-5H2,1-3H3,(H,9,13)/t6-,7+/m1/s1. The number of nitrogens with one attached hydrogen (secondary N) is 1. The Kier molecular flexibility index (Phi) is 3.28. The molecule has 2 heterocycles. The normalized spacial score (nSPS) is 30.3. The van der Waals surface area contributed by atoms with Gasteiger partial charge in [-0.1, -0.05) is 0 Å². The number of hydrogen-bond donors (Lipinski definition) is 1. The first-order chi connectivity index (χ1) is 8.53. The fourth-order valence-electron chi connectivity index (χ4n) is 2.41. The molecule has 0 bridgehead atoms. The molecule has 0 spiro atoms. The fraction of sp³-hybridized carbons (Fsp3) is 0.875. The Hall–Kier alpha value is -0.910. The predicted molar refractivity (Wildman–Crippen MR) is 67.0 cm³/mol. The second-order valence-corrected chi connectivity index (χ2v) is 8.54. The zero-order valence-electron chi connectivity index (χ0n) is 10.8. The molecule has 2 rings (SSSR count). The van der Waals surface area contributed by atoms with Crippen LogP contribution in [0.15, 0.2) is 0 Å². The lowest BCUT2D eigenvalue weighted by atomic mass is 10.3. The van der Waals surface area contributed by atoms with Crippen LogP contribution in [0, 0.1) is 0 Å². The number of carbonyl (C=O) groups is 1. The van der Waals surface area contributed by atoms with Crippen LogP contribution in [-0.2, 0) is 20.0 Å². The number of likely N-dealkylation sites (N-methyl/N-ethyl adjacent to an activating group) is 1. The van der Waals surface area contributed by atoms with Gasteiger partial charge < -0.3 is 10.2 Å². The van der Waals surface area contributed by atoms with Crippen molar-refractivity contribution in [2.45, 2.75) is 12.3 Å². The van der Waals surface area contributed by atoms with Crippen molar-refractivity contribution in [3.63, 3.8) is 0 Å². The summed E-state index contributed by atoms with van der Waals surface area (Å²) in [5.41, 5.74) is 0. The summed E-state index contributed by atoms with van der Waals surface area (Å²) >= 11 is 0.